The minimum absolute atomic E-state index is 0.0600. The number of aliphatic carboxylic acids is 1. The number of methoxy groups -OCH3 is 1. The molecule has 0 atom stereocenters. The number of hydrogen-bond acceptors (Lipinski definition) is 2. The van der Waals surface area contributed by atoms with E-state index in [0.717, 1.165) is 6.07 Å². The van der Waals surface area contributed by atoms with Crippen LogP contribution in [0.4, 0.5) is 8.78 Å². The smallest absolute Gasteiger partial charge is 0.303 e. The molecular weight excluding hydrogens is 230 g/mol. The highest BCUT2D eigenvalue weighted by molar-refractivity contribution is 5.66. The van der Waals surface area contributed by atoms with Gasteiger partial charge in [-0.2, -0.15) is 0 Å². The number of ether oxygens (including phenoxy) is 1. The van der Waals surface area contributed by atoms with Gasteiger partial charge in [0.25, 0.3) is 0 Å². The lowest BCUT2D eigenvalue weighted by Crippen LogP contribution is -2.01. The van der Waals surface area contributed by atoms with Crippen LogP contribution in [0.15, 0.2) is 12.1 Å². The Morgan fingerprint density at radius 2 is 2.12 bits per heavy atom. The minimum atomic E-state index is -0.945. The summed E-state index contributed by atoms with van der Waals surface area (Å²) in [6, 6.07) is 2.59. The van der Waals surface area contributed by atoms with E-state index in [1.165, 1.54) is 13.2 Å². The van der Waals surface area contributed by atoms with Crippen LogP contribution in [0.3, 0.4) is 0 Å². The summed E-state index contributed by atoms with van der Waals surface area (Å²) in [7, 11) is 1.46. The standard InChI is InChI=1S/C12H14F2O3/c1-17-7-8-5-9(3-2-4-11(15)16)12(14)10(13)6-8/h5-6H,2-4,7H2,1H3,(H,15,16). The third kappa shape index (κ3) is 4.11. The zero-order chi connectivity index (χ0) is 12.8. The molecule has 0 unspecified atom stereocenters. The lowest BCUT2D eigenvalue weighted by Gasteiger charge is -2.07. The molecule has 0 aliphatic carbocycles. The van der Waals surface area contributed by atoms with E-state index >= 15 is 0 Å². The largest absolute Gasteiger partial charge is 0.481 e. The molecule has 0 bridgehead atoms. The second kappa shape index (κ2) is 6.30. The zero-order valence-corrected chi connectivity index (χ0v) is 9.50. The van der Waals surface area contributed by atoms with Gasteiger partial charge in [0.05, 0.1) is 6.61 Å². The van der Waals surface area contributed by atoms with Gasteiger partial charge in [-0.15, -0.1) is 0 Å². The quantitative estimate of drug-likeness (QED) is 0.836. The molecule has 17 heavy (non-hydrogen) atoms. The predicted molar refractivity (Wildman–Crippen MR) is 57.6 cm³/mol. The SMILES string of the molecule is COCc1cc(F)c(F)c(CCCC(=O)O)c1. The molecule has 0 saturated carbocycles. The molecule has 0 aromatic heterocycles. The van der Waals surface area contributed by atoms with Crippen molar-refractivity contribution < 1.29 is 23.4 Å². The fourth-order valence-corrected chi connectivity index (χ4v) is 1.57. The first-order chi connectivity index (χ1) is 8.04. The van der Waals surface area contributed by atoms with Crippen LogP contribution >= 0.6 is 0 Å². The van der Waals surface area contributed by atoms with E-state index in [1.807, 2.05) is 0 Å². The van der Waals surface area contributed by atoms with Crippen molar-refractivity contribution in [3.63, 3.8) is 0 Å². The van der Waals surface area contributed by atoms with Crippen LogP contribution in [0.1, 0.15) is 24.0 Å². The Balaban J connectivity index is 2.78. The summed E-state index contributed by atoms with van der Waals surface area (Å²) in [5, 5.41) is 8.47. The third-order valence-electron chi connectivity index (χ3n) is 2.31. The van der Waals surface area contributed by atoms with Crippen molar-refractivity contribution in [2.75, 3.05) is 7.11 Å². The van der Waals surface area contributed by atoms with Gasteiger partial charge < -0.3 is 9.84 Å². The highest BCUT2D eigenvalue weighted by atomic mass is 19.2. The van der Waals surface area contributed by atoms with Crippen molar-refractivity contribution in [2.24, 2.45) is 0 Å². The summed E-state index contributed by atoms with van der Waals surface area (Å²) in [6.07, 6.45) is 0.421. The molecule has 1 rings (SSSR count). The number of hydrogen-bond donors (Lipinski definition) is 1. The number of carbonyl (C=O) groups is 1. The molecular formula is C12H14F2O3. The van der Waals surface area contributed by atoms with Gasteiger partial charge in [-0.1, -0.05) is 6.07 Å². The second-order valence-corrected chi connectivity index (χ2v) is 3.73. The summed E-state index contributed by atoms with van der Waals surface area (Å²) in [5.41, 5.74) is 0.732. The molecule has 94 valence electrons. The van der Waals surface area contributed by atoms with Crippen LogP contribution in [0.25, 0.3) is 0 Å². The highest BCUT2D eigenvalue weighted by Gasteiger charge is 2.11. The first-order valence-corrected chi connectivity index (χ1v) is 5.22. The number of carboxylic acid groups (broad SMARTS) is 1. The minimum Gasteiger partial charge on any atom is -0.481 e. The highest BCUT2D eigenvalue weighted by Crippen LogP contribution is 2.17. The summed E-state index contributed by atoms with van der Waals surface area (Å²) in [5.74, 6) is -2.78. The molecule has 1 N–H and O–H groups in total. The Labute approximate surface area is 98.0 Å². The van der Waals surface area contributed by atoms with E-state index in [9.17, 15) is 13.6 Å². The predicted octanol–water partition coefficient (Wildman–Crippen LogP) is 2.52. The molecule has 0 fully saturated rings. The van der Waals surface area contributed by atoms with Gasteiger partial charge in [-0.3, -0.25) is 4.79 Å². The van der Waals surface area contributed by atoms with Gasteiger partial charge in [0.15, 0.2) is 11.6 Å². The Kier molecular flexibility index (Phi) is 5.03. The van der Waals surface area contributed by atoms with E-state index in [-0.39, 0.29) is 31.4 Å². The lowest BCUT2D eigenvalue weighted by atomic mass is 10.0. The molecule has 5 heteroatoms. The monoisotopic (exact) mass is 244 g/mol. The average molecular weight is 244 g/mol. The van der Waals surface area contributed by atoms with E-state index in [0.29, 0.717) is 5.56 Å². The first kappa shape index (κ1) is 13.6. The molecule has 1 aromatic carbocycles. The van der Waals surface area contributed by atoms with Gasteiger partial charge in [0.1, 0.15) is 0 Å². The van der Waals surface area contributed by atoms with Crippen molar-refractivity contribution >= 4 is 5.97 Å². The Morgan fingerprint density at radius 3 is 2.71 bits per heavy atom. The molecule has 0 spiro atoms. The van der Waals surface area contributed by atoms with Gasteiger partial charge in [-0.25, -0.2) is 8.78 Å². The molecule has 0 aliphatic heterocycles. The van der Waals surface area contributed by atoms with Crippen LogP contribution in [0.2, 0.25) is 0 Å². The maximum atomic E-state index is 13.4. The summed E-state index contributed by atoms with van der Waals surface area (Å²) in [4.78, 5) is 10.3. The van der Waals surface area contributed by atoms with E-state index in [4.69, 9.17) is 9.84 Å². The van der Waals surface area contributed by atoms with Gasteiger partial charge in [0.2, 0.25) is 0 Å². The molecule has 1 aromatic rings. The molecule has 0 radical (unpaired) electrons. The molecule has 0 heterocycles. The van der Waals surface area contributed by atoms with Crippen LogP contribution < -0.4 is 0 Å². The number of carboxylic acids is 1. The van der Waals surface area contributed by atoms with Gasteiger partial charge in [-0.05, 0) is 30.0 Å². The maximum Gasteiger partial charge on any atom is 0.303 e. The first-order valence-electron chi connectivity index (χ1n) is 5.22. The number of rotatable bonds is 6. The Morgan fingerprint density at radius 1 is 1.41 bits per heavy atom. The fraction of sp³-hybridized carbons (Fsp3) is 0.417. The van der Waals surface area contributed by atoms with E-state index in [1.54, 1.807) is 0 Å². The molecule has 0 amide bonds. The summed E-state index contributed by atoms with van der Waals surface area (Å²) in [6.45, 7) is 0.198. The average Bonchev–Trinajstić information content (AvgIpc) is 2.24. The van der Waals surface area contributed by atoms with Crippen LogP contribution in [0, 0.1) is 11.6 Å². The molecule has 3 nitrogen and oxygen atoms in total. The maximum absolute atomic E-state index is 13.4. The summed E-state index contributed by atoms with van der Waals surface area (Å²) >= 11 is 0. The van der Waals surface area contributed by atoms with E-state index < -0.39 is 17.6 Å². The van der Waals surface area contributed by atoms with Crippen LogP contribution in [0.5, 0.6) is 0 Å². The van der Waals surface area contributed by atoms with Crippen molar-refractivity contribution in [2.45, 2.75) is 25.9 Å². The van der Waals surface area contributed by atoms with Crippen molar-refractivity contribution in [3.8, 4) is 0 Å². The topological polar surface area (TPSA) is 46.5 Å². The van der Waals surface area contributed by atoms with E-state index in [2.05, 4.69) is 0 Å². The molecule has 0 aliphatic rings. The number of benzene rings is 1. The second-order valence-electron chi connectivity index (χ2n) is 3.73. The zero-order valence-electron chi connectivity index (χ0n) is 9.50. The number of halogens is 2. The van der Waals surface area contributed by atoms with Gasteiger partial charge >= 0.3 is 5.97 Å². The molecule has 0 saturated heterocycles. The van der Waals surface area contributed by atoms with Crippen LogP contribution in [-0.4, -0.2) is 18.2 Å². The number of aryl methyl sites for hydroxylation is 1. The normalized spacial score (nSPS) is 10.5. The Hall–Kier alpha value is -1.49. The van der Waals surface area contributed by atoms with Gasteiger partial charge in [0, 0.05) is 13.5 Å². The van der Waals surface area contributed by atoms with Crippen LogP contribution in [-0.2, 0) is 22.6 Å². The fourth-order valence-electron chi connectivity index (χ4n) is 1.57. The summed E-state index contributed by atoms with van der Waals surface area (Å²) < 4.78 is 31.4. The lowest BCUT2D eigenvalue weighted by molar-refractivity contribution is -0.137. The van der Waals surface area contributed by atoms with Crippen molar-refractivity contribution in [1.82, 2.24) is 0 Å². The third-order valence-corrected chi connectivity index (χ3v) is 2.31. The van der Waals surface area contributed by atoms with Crippen molar-refractivity contribution in [1.29, 1.82) is 0 Å². The van der Waals surface area contributed by atoms with Crippen molar-refractivity contribution in [3.05, 3.63) is 34.9 Å². The Bertz CT molecular complexity index is 405.